The Morgan fingerprint density at radius 1 is 1.41 bits per heavy atom. The number of likely N-dealkylation sites (N-methyl/N-ethyl adjacent to an activating group) is 1. The fourth-order valence-electron chi connectivity index (χ4n) is 2.42. The molecule has 3 heteroatoms. The van der Waals surface area contributed by atoms with Gasteiger partial charge in [0.2, 0.25) is 5.91 Å². The van der Waals surface area contributed by atoms with Crippen molar-refractivity contribution in [2.24, 2.45) is 11.3 Å². The van der Waals surface area contributed by atoms with Crippen molar-refractivity contribution < 1.29 is 4.79 Å². The van der Waals surface area contributed by atoms with Crippen LogP contribution in [0.15, 0.2) is 0 Å². The van der Waals surface area contributed by atoms with Crippen LogP contribution in [0.2, 0.25) is 0 Å². The summed E-state index contributed by atoms with van der Waals surface area (Å²) in [5.74, 6) is 0.911. The Bertz CT molecular complexity index is 257. The number of nitrogens with zero attached hydrogens (tertiary/aromatic N) is 1. The van der Waals surface area contributed by atoms with Crippen LogP contribution in [0, 0.1) is 11.3 Å². The quantitative estimate of drug-likeness (QED) is 0.799. The number of carbonyl (C=O) groups is 1. The van der Waals surface area contributed by atoms with E-state index in [1.54, 1.807) is 0 Å². The Balaban J connectivity index is 2.59. The molecule has 1 N–H and O–H groups in total. The third-order valence-corrected chi connectivity index (χ3v) is 3.77. The van der Waals surface area contributed by atoms with Gasteiger partial charge in [0.15, 0.2) is 0 Å². The fraction of sp³-hybridized carbons (Fsp3) is 0.929. The van der Waals surface area contributed by atoms with Gasteiger partial charge in [0.05, 0.1) is 0 Å². The molecule has 0 spiro atoms. The number of likely N-dealkylation sites (tertiary alicyclic amines) is 1. The van der Waals surface area contributed by atoms with E-state index < -0.39 is 0 Å². The lowest BCUT2D eigenvalue weighted by Gasteiger charge is -2.34. The number of rotatable bonds is 5. The summed E-state index contributed by atoms with van der Waals surface area (Å²) in [5, 5.41) is 3.51. The maximum Gasteiger partial charge on any atom is 0.222 e. The number of carbonyl (C=O) groups excluding carboxylic acids is 1. The van der Waals surface area contributed by atoms with E-state index in [0.717, 1.165) is 32.5 Å². The first-order chi connectivity index (χ1) is 7.88. The van der Waals surface area contributed by atoms with Crippen molar-refractivity contribution in [1.82, 2.24) is 10.2 Å². The van der Waals surface area contributed by atoms with Gasteiger partial charge in [-0.1, -0.05) is 41.0 Å². The monoisotopic (exact) mass is 240 g/mol. The van der Waals surface area contributed by atoms with Gasteiger partial charge in [0.1, 0.15) is 0 Å². The summed E-state index contributed by atoms with van der Waals surface area (Å²) < 4.78 is 0. The molecule has 0 bridgehead atoms. The number of amides is 1. The maximum absolute atomic E-state index is 11.9. The Morgan fingerprint density at radius 3 is 2.47 bits per heavy atom. The van der Waals surface area contributed by atoms with Gasteiger partial charge < -0.3 is 10.2 Å². The molecule has 1 saturated heterocycles. The molecule has 0 aromatic carbocycles. The molecular weight excluding hydrogens is 212 g/mol. The van der Waals surface area contributed by atoms with Crippen molar-refractivity contribution in [2.45, 2.75) is 53.5 Å². The summed E-state index contributed by atoms with van der Waals surface area (Å²) in [6, 6.07) is 0.382. The molecule has 0 aromatic rings. The van der Waals surface area contributed by atoms with Gasteiger partial charge in [0, 0.05) is 25.6 Å². The maximum atomic E-state index is 11.9. The molecule has 1 rings (SSSR count). The molecule has 17 heavy (non-hydrogen) atoms. The van der Waals surface area contributed by atoms with Crippen LogP contribution in [0.5, 0.6) is 0 Å². The molecule has 1 aliphatic rings. The van der Waals surface area contributed by atoms with Crippen molar-refractivity contribution >= 4 is 5.91 Å². The molecule has 2 atom stereocenters. The zero-order chi connectivity index (χ0) is 13.1. The van der Waals surface area contributed by atoms with Crippen LogP contribution in [0.4, 0.5) is 0 Å². The summed E-state index contributed by atoms with van der Waals surface area (Å²) in [6.07, 6.45) is 1.86. The summed E-state index contributed by atoms with van der Waals surface area (Å²) in [5.41, 5.74) is 0.195. The second-order valence-corrected chi connectivity index (χ2v) is 6.25. The van der Waals surface area contributed by atoms with Crippen LogP contribution >= 0.6 is 0 Å². The van der Waals surface area contributed by atoms with Crippen LogP contribution in [0.25, 0.3) is 0 Å². The van der Waals surface area contributed by atoms with E-state index in [1.807, 2.05) is 4.90 Å². The Morgan fingerprint density at radius 2 is 2.06 bits per heavy atom. The van der Waals surface area contributed by atoms with Crippen LogP contribution in [0.1, 0.15) is 47.5 Å². The molecule has 0 saturated carbocycles. The zero-order valence-electron chi connectivity index (χ0n) is 12.0. The van der Waals surface area contributed by atoms with E-state index >= 15 is 0 Å². The predicted octanol–water partition coefficient (Wildman–Crippen LogP) is 2.27. The lowest BCUT2D eigenvalue weighted by atomic mass is 9.86. The average Bonchev–Trinajstić information content (AvgIpc) is 2.58. The molecule has 1 heterocycles. The largest absolute Gasteiger partial charge is 0.341 e. The van der Waals surface area contributed by atoms with Gasteiger partial charge in [-0.25, -0.2) is 0 Å². The van der Waals surface area contributed by atoms with Crippen molar-refractivity contribution in [3.05, 3.63) is 0 Å². The number of hydrogen-bond donors (Lipinski definition) is 1. The molecule has 100 valence electrons. The minimum Gasteiger partial charge on any atom is -0.341 e. The molecule has 0 aliphatic carbocycles. The second-order valence-electron chi connectivity index (χ2n) is 6.25. The Labute approximate surface area is 106 Å². The third-order valence-electron chi connectivity index (χ3n) is 3.77. The molecule has 1 aliphatic heterocycles. The van der Waals surface area contributed by atoms with E-state index in [0.29, 0.717) is 17.9 Å². The van der Waals surface area contributed by atoms with E-state index in [-0.39, 0.29) is 5.41 Å². The number of nitrogens with one attached hydrogen (secondary N) is 1. The molecule has 2 unspecified atom stereocenters. The molecule has 0 radical (unpaired) electrons. The molecule has 1 fully saturated rings. The summed E-state index contributed by atoms with van der Waals surface area (Å²) >= 11 is 0. The van der Waals surface area contributed by atoms with Crippen molar-refractivity contribution in [3.8, 4) is 0 Å². The first-order valence-corrected chi connectivity index (χ1v) is 6.89. The Kier molecular flexibility index (Phi) is 4.99. The van der Waals surface area contributed by atoms with E-state index in [4.69, 9.17) is 0 Å². The highest BCUT2D eigenvalue weighted by molar-refractivity contribution is 5.78. The average molecular weight is 240 g/mol. The standard InChI is InChI=1S/C14H28N2O/c1-6-11-8-13(17)16(9-11)10-12(15-7-2)14(3,4)5/h11-12,15H,6-10H2,1-5H3. The smallest absolute Gasteiger partial charge is 0.222 e. The topological polar surface area (TPSA) is 32.3 Å². The highest BCUT2D eigenvalue weighted by Crippen LogP contribution is 2.25. The van der Waals surface area contributed by atoms with Crippen LogP contribution in [-0.2, 0) is 4.79 Å². The van der Waals surface area contributed by atoms with Crippen molar-refractivity contribution in [3.63, 3.8) is 0 Å². The minimum absolute atomic E-state index is 0.195. The van der Waals surface area contributed by atoms with Gasteiger partial charge >= 0.3 is 0 Å². The lowest BCUT2D eigenvalue weighted by molar-refractivity contribution is -0.128. The fourth-order valence-corrected chi connectivity index (χ4v) is 2.42. The van der Waals surface area contributed by atoms with E-state index in [1.165, 1.54) is 0 Å². The summed E-state index contributed by atoms with van der Waals surface area (Å²) in [4.78, 5) is 14.0. The first kappa shape index (κ1) is 14.5. The predicted molar refractivity (Wildman–Crippen MR) is 71.9 cm³/mol. The van der Waals surface area contributed by atoms with Gasteiger partial charge in [-0.15, -0.1) is 0 Å². The van der Waals surface area contributed by atoms with Gasteiger partial charge in [-0.2, -0.15) is 0 Å². The van der Waals surface area contributed by atoms with Gasteiger partial charge in [-0.05, 0) is 17.9 Å². The highest BCUT2D eigenvalue weighted by Gasteiger charge is 2.33. The normalized spacial score (nSPS) is 23.2. The summed E-state index contributed by atoms with van der Waals surface area (Å²) in [7, 11) is 0. The molecule has 0 aromatic heterocycles. The van der Waals surface area contributed by atoms with Crippen LogP contribution in [0.3, 0.4) is 0 Å². The highest BCUT2D eigenvalue weighted by atomic mass is 16.2. The Hall–Kier alpha value is -0.570. The van der Waals surface area contributed by atoms with E-state index in [2.05, 4.69) is 39.9 Å². The van der Waals surface area contributed by atoms with E-state index in [9.17, 15) is 4.79 Å². The van der Waals surface area contributed by atoms with Gasteiger partial charge in [0.25, 0.3) is 0 Å². The minimum atomic E-state index is 0.195. The van der Waals surface area contributed by atoms with Crippen LogP contribution in [-0.4, -0.2) is 36.5 Å². The molecule has 1 amide bonds. The lowest BCUT2D eigenvalue weighted by Crippen LogP contribution is -2.49. The first-order valence-electron chi connectivity index (χ1n) is 6.89. The summed E-state index contributed by atoms with van der Waals surface area (Å²) in [6.45, 7) is 13.8. The van der Waals surface area contributed by atoms with Crippen molar-refractivity contribution in [1.29, 1.82) is 0 Å². The van der Waals surface area contributed by atoms with Crippen molar-refractivity contribution in [2.75, 3.05) is 19.6 Å². The third kappa shape index (κ3) is 3.98. The molecule has 3 nitrogen and oxygen atoms in total. The number of hydrogen-bond acceptors (Lipinski definition) is 2. The SMILES string of the molecule is CCNC(CN1CC(CC)CC1=O)C(C)(C)C. The van der Waals surface area contributed by atoms with Crippen LogP contribution < -0.4 is 5.32 Å². The zero-order valence-corrected chi connectivity index (χ0v) is 12.0. The molecular formula is C14H28N2O. The van der Waals surface area contributed by atoms with Gasteiger partial charge in [-0.3, -0.25) is 4.79 Å². The second kappa shape index (κ2) is 5.85.